The predicted octanol–water partition coefficient (Wildman–Crippen LogP) is 2.26. The predicted molar refractivity (Wildman–Crippen MR) is 76.6 cm³/mol. The van der Waals surface area contributed by atoms with Crippen molar-refractivity contribution in [3.63, 3.8) is 0 Å². The maximum atomic E-state index is 6.27. The van der Waals surface area contributed by atoms with Crippen molar-refractivity contribution in [2.45, 2.75) is 32.4 Å². The molecule has 0 fully saturated rings. The van der Waals surface area contributed by atoms with E-state index in [1.165, 1.54) is 0 Å². The van der Waals surface area contributed by atoms with E-state index in [4.69, 9.17) is 21.1 Å². The first kappa shape index (κ1) is 16.4. The van der Waals surface area contributed by atoms with E-state index in [-0.39, 0.29) is 6.04 Å². The highest BCUT2D eigenvalue weighted by Crippen LogP contribution is 2.26. The van der Waals surface area contributed by atoms with E-state index >= 15 is 0 Å². The van der Waals surface area contributed by atoms with Crippen molar-refractivity contribution < 1.29 is 9.47 Å². The second-order valence-corrected chi connectivity index (χ2v) is 4.75. The summed E-state index contributed by atoms with van der Waals surface area (Å²) in [7, 11) is 3.41. The first-order chi connectivity index (χ1) is 9.24. The van der Waals surface area contributed by atoms with Gasteiger partial charge in [0, 0.05) is 20.8 Å². The van der Waals surface area contributed by atoms with Gasteiger partial charge in [0.05, 0.1) is 36.1 Å². The Morgan fingerprint density at radius 1 is 1.37 bits per heavy atom. The zero-order valence-electron chi connectivity index (χ0n) is 12.0. The molecule has 0 saturated carbocycles. The van der Waals surface area contributed by atoms with Crippen molar-refractivity contribution in [3.8, 4) is 0 Å². The topological polar surface area (TPSA) is 48.3 Å². The van der Waals surface area contributed by atoms with Gasteiger partial charge in [0.2, 0.25) is 0 Å². The summed E-state index contributed by atoms with van der Waals surface area (Å²) >= 11 is 6.27. The zero-order valence-corrected chi connectivity index (χ0v) is 12.7. The molecule has 0 radical (unpaired) electrons. The monoisotopic (exact) mass is 289 g/mol. The molecule has 0 aliphatic heterocycles. The van der Waals surface area contributed by atoms with Crippen molar-refractivity contribution >= 4 is 11.6 Å². The third-order valence-electron chi connectivity index (χ3n) is 2.96. The van der Waals surface area contributed by atoms with Crippen LogP contribution in [0.3, 0.4) is 0 Å². The fourth-order valence-corrected chi connectivity index (χ4v) is 2.36. The SMILES string of the molecule is CCNC(CCCOC)c1c(Cl)cnn1CCOC. The maximum absolute atomic E-state index is 6.27. The van der Waals surface area contributed by atoms with Gasteiger partial charge in [-0.15, -0.1) is 0 Å². The summed E-state index contributed by atoms with van der Waals surface area (Å²) in [5.74, 6) is 0. The van der Waals surface area contributed by atoms with Gasteiger partial charge in [0.15, 0.2) is 0 Å². The fourth-order valence-electron chi connectivity index (χ4n) is 2.09. The number of halogens is 1. The number of nitrogens with zero attached hydrogens (tertiary/aromatic N) is 2. The van der Waals surface area contributed by atoms with Crippen LogP contribution in [0.25, 0.3) is 0 Å². The van der Waals surface area contributed by atoms with Gasteiger partial charge >= 0.3 is 0 Å². The average Bonchev–Trinajstić information content (AvgIpc) is 2.77. The van der Waals surface area contributed by atoms with Crippen LogP contribution in [0.4, 0.5) is 0 Å². The Balaban J connectivity index is 2.77. The number of nitrogens with one attached hydrogen (secondary N) is 1. The van der Waals surface area contributed by atoms with Gasteiger partial charge in [-0.1, -0.05) is 18.5 Å². The number of aromatic nitrogens is 2. The van der Waals surface area contributed by atoms with Crippen molar-refractivity contribution in [2.75, 3.05) is 34.0 Å². The number of rotatable bonds is 10. The molecule has 19 heavy (non-hydrogen) atoms. The standard InChI is InChI=1S/C13H24ClN3O2/c1-4-15-12(6-5-8-18-2)13-11(14)10-16-17(13)7-9-19-3/h10,12,15H,4-9H2,1-3H3. The van der Waals surface area contributed by atoms with Gasteiger partial charge in [-0.05, 0) is 19.4 Å². The van der Waals surface area contributed by atoms with Crippen LogP contribution in [0.5, 0.6) is 0 Å². The third-order valence-corrected chi connectivity index (χ3v) is 3.25. The molecule has 1 atom stereocenters. The Bertz CT molecular complexity index is 358. The summed E-state index contributed by atoms with van der Waals surface area (Å²) in [4.78, 5) is 0. The first-order valence-corrected chi connectivity index (χ1v) is 7.04. The number of ether oxygens (including phenoxy) is 2. The number of hydrogen-bond acceptors (Lipinski definition) is 4. The molecular formula is C13H24ClN3O2. The molecule has 0 bridgehead atoms. The Hall–Kier alpha value is -0.620. The minimum absolute atomic E-state index is 0.201. The van der Waals surface area contributed by atoms with Crippen LogP contribution in [-0.2, 0) is 16.0 Å². The molecule has 1 aromatic rings. The Morgan fingerprint density at radius 3 is 2.74 bits per heavy atom. The second-order valence-electron chi connectivity index (χ2n) is 4.34. The van der Waals surface area contributed by atoms with Gasteiger partial charge in [0.25, 0.3) is 0 Å². The molecule has 0 aromatic carbocycles. The molecule has 0 aliphatic rings. The van der Waals surface area contributed by atoms with E-state index < -0.39 is 0 Å². The lowest BCUT2D eigenvalue weighted by Crippen LogP contribution is -2.25. The van der Waals surface area contributed by atoms with Gasteiger partial charge in [-0.2, -0.15) is 5.10 Å². The average molecular weight is 290 g/mol. The Labute approximate surface area is 120 Å². The number of methoxy groups -OCH3 is 2. The van der Waals surface area contributed by atoms with Gasteiger partial charge in [-0.3, -0.25) is 4.68 Å². The first-order valence-electron chi connectivity index (χ1n) is 6.67. The van der Waals surface area contributed by atoms with Gasteiger partial charge in [-0.25, -0.2) is 0 Å². The zero-order chi connectivity index (χ0) is 14.1. The molecule has 0 aliphatic carbocycles. The molecule has 1 heterocycles. The Morgan fingerprint density at radius 2 is 2.11 bits per heavy atom. The summed E-state index contributed by atoms with van der Waals surface area (Å²) in [5, 5.41) is 8.49. The van der Waals surface area contributed by atoms with Crippen molar-refractivity contribution in [3.05, 3.63) is 16.9 Å². The van der Waals surface area contributed by atoms with Crippen LogP contribution in [-0.4, -0.2) is 43.8 Å². The summed E-state index contributed by atoms with van der Waals surface area (Å²) < 4.78 is 12.1. The molecule has 1 unspecified atom stereocenters. The minimum atomic E-state index is 0.201. The van der Waals surface area contributed by atoms with E-state index in [2.05, 4.69) is 17.3 Å². The summed E-state index contributed by atoms with van der Waals surface area (Å²) in [6.45, 7) is 5.08. The Kier molecular flexibility index (Phi) is 8.05. The highest BCUT2D eigenvalue weighted by Gasteiger charge is 2.19. The molecule has 5 nitrogen and oxygen atoms in total. The lowest BCUT2D eigenvalue weighted by Gasteiger charge is -2.20. The van der Waals surface area contributed by atoms with Crippen LogP contribution < -0.4 is 5.32 Å². The van der Waals surface area contributed by atoms with E-state index in [0.29, 0.717) is 18.2 Å². The summed E-state index contributed by atoms with van der Waals surface area (Å²) in [5.41, 5.74) is 1.04. The highest BCUT2D eigenvalue weighted by atomic mass is 35.5. The lowest BCUT2D eigenvalue weighted by atomic mass is 10.1. The van der Waals surface area contributed by atoms with Crippen LogP contribution in [0.1, 0.15) is 31.5 Å². The highest BCUT2D eigenvalue weighted by molar-refractivity contribution is 6.31. The maximum Gasteiger partial charge on any atom is 0.0834 e. The van der Waals surface area contributed by atoms with E-state index in [1.807, 2.05) is 4.68 Å². The molecular weight excluding hydrogens is 266 g/mol. The minimum Gasteiger partial charge on any atom is -0.385 e. The van der Waals surface area contributed by atoms with Crippen LogP contribution in [0.15, 0.2) is 6.20 Å². The molecule has 6 heteroatoms. The summed E-state index contributed by atoms with van der Waals surface area (Å²) in [6.07, 6.45) is 3.66. The molecule has 0 spiro atoms. The third kappa shape index (κ3) is 5.10. The van der Waals surface area contributed by atoms with Gasteiger partial charge in [0.1, 0.15) is 0 Å². The normalized spacial score (nSPS) is 12.8. The molecule has 110 valence electrons. The van der Waals surface area contributed by atoms with E-state index in [0.717, 1.165) is 31.7 Å². The van der Waals surface area contributed by atoms with Crippen LogP contribution >= 0.6 is 11.6 Å². The number of hydrogen-bond donors (Lipinski definition) is 1. The summed E-state index contributed by atoms with van der Waals surface area (Å²) in [6, 6.07) is 0.201. The smallest absolute Gasteiger partial charge is 0.0834 e. The van der Waals surface area contributed by atoms with Crippen LogP contribution in [0, 0.1) is 0 Å². The van der Waals surface area contributed by atoms with Crippen molar-refractivity contribution in [1.29, 1.82) is 0 Å². The molecule has 1 aromatic heterocycles. The largest absolute Gasteiger partial charge is 0.385 e. The molecule has 1 rings (SSSR count). The van der Waals surface area contributed by atoms with Crippen molar-refractivity contribution in [2.24, 2.45) is 0 Å². The van der Waals surface area contributed by atoms with E-state index in [1.54, 1.807) is 20.4 Å². The van der Waals surface area contributed by atoms with Crippen LogP contribution in [0.2, 0.25) is 5.02 Å². The van der Waals surface area contributed by atoms with E-state index in [9.17, 15) is 0 Å². The quantitative estimate of drug-likeness (QED) is 0.671. The molecule has 0 amide bonds. The fraction of sp³-hybridized carbons (Fsp3) is 0.769. The van der Waals surface area contributed by atoms with Gasteiger partial charge < -0.3 is 14.8 Å². The molecule has 0 saturated heterocycles. The molecule has 1 N–H and O–H groups in total. The second kappa shape index (κ2) is 9.31. The van der Waals surface area contributed by atoms with Crippen molar-refractivity contribution in [1.82, 2.24) is 15.1 Å². The lowest BCUT2D eigenvalue weighted by molar-refractivity contribution is 0.179.